The summed E-state index contributed by atoms with van der Waals surface area (Å²) in [5, 5.41) is 0.782. The van der Waals surface area contributed by atoms with Gasteiger partial charge in [0.1, 0.15) is 0 Å². The molecule has 2 unspecified atom stereocenters. The lowest BCUT2D eigenvalue weighted by molar-refractivity contribution is 0.0738. The Morgan fingerprint density at radius 3 is 2.89 bits per heavy atom. The van der Waals surface area contributed by atoms with Crippen molar-refractivity contribution in [2.24, 2.45) is 13.0 Å². The van der Waals surface area contributed by atoms with E-state index < -0.39 is 0 Å². The molecule has 0 aliphatic carbocycles. The number of amides is 1. The fourth-order valence-corrected chi connectivity index (χ4v) is 3.33. The first-order chi connectivity index (χ1) is 8.54. The van der Waals surface area contributed by atoms with Gasteiger partial charge in [-0.1, -0.05) is 22.9 Å². The van der Waals surface area contributed by atoms with Gasteiger partial charge in [-0.15, -0.1) is 0 Å². The number of pyridine rings is 1. The summed E-state index contributed by atoms with van der Waals surface area (Å²) >= 11 is 3.46. The maximum Gasteiger partial charge on any atom is 0.254 e. The summed E-state index contributed by atoms with van der Waals surface area (Å²) in [7, 11) is 1.68. The van der Waals surface area contributed by atoms with E-state index in [1.54, 1.807) is 19.3 Å². The fourth-order valence-electron chi connectivity index (χ4n) is 2.34. The van der Waals surface area contributed by atoms with Crippen LogP contribution in [-0.2, 0) is 7.05 Å². The Morgan fingerprint density at radius 2 is 2.28 bits per heavy atom. The first kappa shape index (κ1) is 13.3. The summed E-state index contributed by atoms with van der Waals surface area (Å²) in [5.41, 5.74) is 0.335. The second-order valence-corrected chi connectivity index (χ2v) is 5.50. The van der Waals surface area contributed by atoms with E-state index in [0.717, 1.165) is 18.3 Å². The number of aryl methyl sites for hydroxylation is 1. The summed E-state index contributed by atoms with van der Waals surface area (Å²) < 4.78 is 1.46. The highest BCUT2D eigenvalue weighted by Crippen LogP contribution is 2.26. The molecule has 2 atom stereocenters. The number of nitrogens with zero attached hydrogens (tertiary/aromatic N) is 2. The Balaban J connectivity index is 2.26. The van der Waals surface area contributed by atoms with Crippen molar-refractivity contribution in [3.05, 3.63) is 34.2 Å². The molecule has 0 radical (unpaired) electrons. The van der Waals surface area contributed by atoms with E-state index in [0.29, 0.717) is 11.5 Å². The number of halogens is 1. The highest BCUT2D eigenvalue weighted by Gasteiger charge is 2.33. The summed E-state index contributed by atoms with van der Waals surface area (Å²) in [4.78, 5) is 25.8. The second-order valence-electron chi connectivity index (χ2n) is 4.85. The Morgan fingerprint density at radius 1 is 1.56 bits per heavy atom. The lowest BCUT2D eigenvalue weighted by atomic mass is 10.0. The molecule has 1 amide bonds. The van der Waals surface area contributed by atoms with Crippen LogP contribution in [0.4, 0.5) is 0 Å². The minimum absolute atomic E-state index is 0.0403. The molecule has 1 aromatic rings. The van der Waals surface area contributed by atoms with Crippen LogP contribution in [0, 0.1) is 5.92 Å². The number of carbonyl (C=O) groups is 1. The lowest BCUT2D eigenvalue weighted by Crippen LogP contribution is -2.39. The smallest absolute Gasteiger partial charge is 0.254 e. The molecule has 1 fully saturated rings. The summed E-state index contributed by atoms with van der Waals surface area (Å²) in [5.74, 6) is 0.460. The van der Waals surface area contributed by atoms with Gasteiger partial charge >= 0.3 is 0 Å². The average molecular weight is 313 g/mol. The van der Waals surface area contributed by atoms with E-state index in [4.69, 9.17) is 0 Å². The van der Waals surface area contributed by atoms with Crippen LogP contribution in [0.15, 0.2) is 23.1 Å². The van der Waals surface area contributed by atoms with E-state index >= 15 is 0 Å². The van der Waals surface area contributed by atoms with Crippen molar-refractivity contribution in [3.8, 4) is 0 Å². The molecule has 0 aromatic carbocycles. The molecule has 5 heteroatoms. The predicted molar refractivity (Wildman–Crippen MR) is 74.1 cm³/mol. The monoisotopic (exact) mass is 312 g/mol. The van der Waals surface area contributed by atoms with E-state index in [1.165, 1.54) is 10.6 Å². The first-order valence-corrected chi connectivity index (χ1v) is 7.20. The molecule has 2 heterocycles. The molecule has 0 saturated carbocycles. The fraction of sp³-hybridized carbons (Fsp3) is 0.538. The van der Waals surface area contributed by atoms with Gasteiger partial charge in [-0.3, -0.25) is 9.59 Å². The van der Waals surface area contributed by atoms with Gasteiger partial charge in [0.25, 0.3) is 11.5 Å². The molecule has 1 saturated heterocycles. The number of likely N-dealkylation sites (tertiary alicyclic amines) is 1. The minimum Gasteiger partial charge on any atom is -0.335 e. The van der Waals surface area contributed by atoms with Crippen LogP contribution in [0.5, 0.6) is 0 Å². The van der Waals surface area contributed by atoms with Crippen LogP contribution >= 0.6 is 15.9 Å². The van der Waals surface area contributed by atoms with Crippen LogP contribution < -0.4 is 5.56 Å². The van der Waals surface area contributed by atoms with E-state index in [9.17, 15) is 9.59 Å². The molecule has 98 valence electrons. The number of aromatic nitrogens is 1. The standard InChI is InChI=1S/C13H17BrN2O2/c1-9-3-6-16(11(9)8-14)13(18)10-4-5-15(2)12(17)7-10/h4-5,7,9,11H,3,6,8H2,1-2H3. The summed E-state index contributed by atoms with van der Waals surface area (Å²) in [6.45, 7) is 2.93. The van der Waals surface area contributed by atoms with E-state index in [2.05, 4.69) is 22.9 Å². The third kappa shape index (κ3) is 2.36. The van der Waals surface area contributed by atoms with Crippen LogP contribution in [0.2, 0.25) is 0 Å². The normalized spacial score (nSPS) is 23.4. The van der Waals surface area contributed by atoms with Gasteiger partial charge in [-0.2, -0.15) is 0 Å². The predicted octanol–water partition coefficient (Wildman–Crippen LogP) is 1.63. The molecule has 2 rings (SSSR count). The molecule has 4 nitrogen and oxygen atoms in total. The first-order valence-electron chi connectivity index (χ1n) is 6.08. The molecule has 0 N–H and O–H groups in total. The highest BCUT2D eigenvalue weighted by molar-refractivity contribution is 9.09. The van der Waals surface area contributed by atoms with Gasteiger partial charge in [0.2, 0.25) is 0 Å². The molecule has 0 bridgehead atoms. The molecular weight excluding hydrogens is 296 g/mol. The van der Waals surface area contributed by atoms with Crippen LogP contribution in [-0.4, -0.2) is 33.3 Å². The molecular formula is C13H17BrN2O2. The Kier molecular flexibility index (Phi) is 3.90. The molecule has 1 aliphatic heterocycles. The number of alkyl halides is 1. The Labute approximate surface area is 115 Å². The van der Waals surface area contributed by atoms with Crippen molar-refractivity contribution in [1.29, 1.82) is 0 Å². The van der Waals surface area contributed by atoms with Crippen LogP contribution in [0.1, 0.15) is 23.7 Å². The molecule has 0 spiro atoms. The topological polar surface area (TPSA) is 42.3 Å². The number of hydrogen-bond donors (Lipinski definition) is 0. The van der Waals surface area contributed by atoms with Crippen molar-refractivity contribution in [2.45, 2.75) is 19.4 Å². The number of rotatable bonds is 2. The zero-order valence-electron chi connectivity index (χ0n) is 10.6. The van der Waals surface area contributed by atoms with E-state index in [-0.39, 0.29) is 17.5 Å². The Hall–Kier alpha value is -1.10. The molecule has 1 aromatic heterocycles. The minimum atomic E-state index is -0.150. The van der Waals surface area contributed by atoms with Crippen molar-refractivity contribution in [3.63, 3.8) is 0 Å². The maximum atomic E-state index is 12.4. The van der Waals surface area contributed by atoms with Gasteiger partial charge in [0.05, 0.1) is 0 Å². The lowest BCUT2D eigenvalue weighted by Gasteiger charge is -2.25. The van der Waals surface area contributed by atoms with Gasteiger partial charge in [-0.05, 0) is 18.4 Å². The zero-order chi connectivity index (χ0) is 13.3. The van der Waals surface area contributed by atoms with Gasteiger partial charge in [0, 0.05) is 42.8 Å². The van der Waals surface area contributed by atoms with Gasteiger partial charge < -0.3 is 9.47 Å². The SMILES string of the molecule is CC1CCN(C(=O)c2ccn(C)c(=O)c2)C1CBr. The van der Waals surface area contributed by atoms with Crippen molar-refractivity contribution < 1.29 is 4.79 Å². The highest BCUT2D eigenvalue weighted by atomic mass is 79.9. The summed E-state index contributed by atoms with van der Waals surface area (Å²) in [6, 6.07) is 3.34. The second kappa shape index (κ2) is 5.26. The van der Waals surface area contributed by atoms with Crippen LogP contribution in [0.25, 0.3) is 0 Å². The quantitative estimate of drug-likeness (QED) is 0.779. The number of carbonyl (C=O) groups excluding carboxylic acids is 1. The zero-order valence-corrected chi connectivity index (χ0v) is 12.2. The van der Waals surface area contributed by atoms with E-state index in [1.807, 2.05) is 4.90 Å². The van der Waals surface area contributed by atoms with Gasteiger partial charge in [-0.25, -0.2) is 0 Å². The summed E-state index contributed by atoms with van der Waals surface area (Å²) in [6.07, 6.45) is 2.66. The average Bonchev–Trinajstić information content (AvgIpc) is 2.73. The van der Waals surface area contributed by atoms with Crippen LogP contribution in [0.3, 0.4) is 0 Å². The van der Waals surface area contributed by atoms with Crippen molar-refractivity contribution >= 4 is 21.8 Å². The van der Waals surface area contributed by atoms with Crippen molar-refractivity contribution in [2.75, 3.05) is 11.9 Å². The Bertz CT molecular complexity index is 512. The maximum absolute atomic E-state index is 12.4. The molecule has 18 heavy (non-hydrogen) atoms. The third-order valence-electron chi connectivity index (χ3n) is 3.65. The van der Waals surface area contributed by atoms with Crippen molar-refractivity contribution in [1.82, 2.24) is 9.47 Å². The number of hydrogen-bond acceptors (Lipinski definition) is 2. The van der Waals surface area contributed by atoms with Gasteiger partial charge in [0.15, 0.2) is 0 Å². The molecule has 1 aliphatic rings. The largest absolute Gasteiger partial charge is 0.335 e. The third-order valence-corrected chi connectivity index (χ3v) is 4.32.